The molecule has 0 spiro atoms. The monoisotopic (exact) mass is 318 g/mol. The molecule has 1 aromatic rings. The van der Waals surface area contributed by atoms with Crippen LogP contribution in [0.25, 0.3) is 0 Å². The fourth-order valence-corrected chi connectivity index (χ4v) is 2.56. The van der Waals surface area contributed by atoms with Gasteiger partial charge in [0.1, 0.15) is 5.60 Å². The Hall–Kier alpha value is -1.72. The van der Waals surface area contributed by atoms with E-state index < -0.39 is 17.7 Å². The predicted octanol–water partition coefficient (Wildman–Crippen LogP) is 1.45. The van der Waals surface area contributed by atoms with Gasteiger partial charge in [0.05, 0.1) is 18.7 Å². The van der Waals surface area contributed by atoms with E-state index in [1.54, 1.807) is 6.92 Å². The summed E-state index contributed by atoms with van der Waals surface area (Å²) in [6.45, 7) is 6.23. The summed E-state index contributed by atoms with van der Waals surface area (Å²) in [6.07, 6.45) is 1.03. The first-order valence-electron chi connectivity index (χ1n) is 8.10. The van der Waals surface area contributed by atoms with Gasteiger partial charge in [-0.3, -0.25) is 9.59 Å². The standard InChI is InChI=1S/C18H26N2O3/c1-12(2)9-15(16(21)18(3)11-23-18)20-17(22)14(19)10-13-7-5-4-6-8-13/h4-8,12,14-15H,9-11,19H2,1-3H3,(H,20,22)/t14-,15-,18-/m0/s1. The van der Waals surface area contributed by atoms with Gasteiger partial charge < -0.3 is 15.8 Å². The van der Waals surface area contributed by atoms with Crippen LogP contribution < -0.4 is 11.1 Å². The van der Waals surface area contributed by atoms with E-state index in [1.807, 2.05) is 44.2 Å². The number of hydrogen-bond acceptors (Lipinski definition) is 4. The third kappa shape index (κ3) is 4.88. The molecule has 1 aliphatic heterocycles. The minimum atomic E-state index is -0.740. The molecule has 0 bridgehead atoms. The number of carbonyl (C=O) groups is 2. The molecule has 126 valence electrons. The van der Waals surface area contributed by atoms with Crippen LogP contribution in [-0.4, -0.2) is 36.0 Å². The molecule has 0 aliphatic carbocycles. The molecular formula is C18H26N2O3. The third-order valence-electron chi connectivity index (χ3n) is 4.07. The molecule has 1 amide bonds. The van der Waals surface area contributed by atoms with Crippen LogP contribution in [0.4, 0.5) is 0 Å². The van der Waals surface area contributed by atoms with Crippen molar-refractivity contribution in [2.45, 2.75) is 51.3 Å². The highest BCUT2D eigenvalue weighted by atomic mass is 16.6. The Morgan fingerprint density at radius 1 is 1.30 bits per heavy atom. The lowest BCUT2D eigenvalue weighted by molar-refractivity contribution is -0.131. The van der Waals surface area contributed by atoms with E-state index in [4.69, 9.17) is 10.5 Å². The molecule has 5 nitrogen and oxygen atoms in total. The zero-order chi connectivity index (χ0) is 17.0. The zero-order valence-corrected chi connectivity index (χ0v) is 14.0. The quantitative estimate of drug-likeness (QED) is 0.710. The highest BCUT2D eigenvalue weighted by Gasteiger charge is 2.50. The topological polar surface area (TPSA) is 84.7 Å². The smallest absolute Gasteiger partial charge is 0.237 e. The van der Waals surface area contributed by atoms with Crippen molar-refractivity contribution in [2.75, 3.05) is 6.61 Å². The van der Waals surface area contributed by atoms with Crippen molar-refractivity contribution in [1.29, 1.82) is 0 Å². The molecule has 1 saturated heterocycles. The van der Waals surface area contributed by atoms with Gasteiger partial charge in [0.15, 0.2) is 5.78 Å². The maximum absolute atomic E-state index is 12.5. The average molecular weight is 318 g/mol. The van der Waals surface area contributed by atoms with E-state index in [2.05, 4.69) is 5.32 Å². The number of hydrogen-bond donors (Lipinski definition) is 2. The summed E-state index contributed by atoms with van der Waals surface area (Å²) in [7, 11) is 0. The summed E-state index contributed by atoms with van der Waals surface area (Å²) < 4.78 is 5.23. The maximum Gasteiger partial charge on any atom is 0.237 e. The van der Waals surface area contributed by atoms with E-state index in [0.717, 1.165) is 5.56 Å². The van der Waals surface area contributed by atoms with E-state index in [1.165, 1.54) is 0 Å². The number of ether oxygens (including phenoxy) is 1. The molecule has 1 aliphatic rings. The Balaban J connectivity index is 1.97. The van der Waals surface area contributed by atoms with Gasteiger partial charge in [-0.1, -0.05) is 44.2 Å². The minimum Gasteiger partial charge on any atom is -0.361 e. The molecule has 1 fully saturated rings. The second-order valence-corrected chi connectivity index (χ2v) is 6.87. The molecule has 1 heterocycles. The highest BCUT2D eigenvalue weighted by Crippen LogP contribution is 2.29. The molecule has 2 rings (SSSR count). The molecule has 0 aromatic heterocycles. The molecule has 0 radical (unpaired) electrons. The fourth-order valence-electron chi connectivity index (χ4n) is 2.56. The number of epoxide rings is 1. The summed E-state index contributed by atoms with van der Waals surface area (Å²) in [5.74, 6) is -0.0690. The normalized spacial score (nSPS) is 22.5. The second-order valence-electron chi connectivity index (χ2n) is 6.87. The highest BCUT2D eigenvalue weighted by molar-refractivity contribution is 5.97. The average Bonchev–Trinajstić information content (AvgIpc) is 3.25. The Morgan fingerprint density at radius 2 is 1.91 bits per heavy atom. The van der Waals surface area contributed by atoms with Gasteiger partial charge in [-0.25, -0.2) is 0 Å². The van der Waals surface area contributed by atoms with Gasteiger partial charge in [-0.15, -0.1) is 0 Å². The van der Waals surface area contributed by atoms with Crippen molar-refractivity contribution in [3.63, 3.8) is 0 Å². The first-order valence-corrected chi connectivity index (χ1v) is 8.10. The van der Waals surface area contributed by atoms with E-state index in [9.17, 15) is 9.59 Å². The molecule has 0 unspecified atom stereocenters. The van der Waals surface area contributed by atoms with Crippen molar-refractivity contribution in [3.05, 3.63) is 35.9 Å². The number of nitrogens with two attached hydrogens (primary N) is 1. The number of nitrogens with one attached hydrogen (secondary N) is 1. The first-order chi connectivity index (χ1) is 10.8. The Morgan fingerprint density at radius 3 is 2.43 bits per heavy atom. The van der Waals surface area contributed by atoms with Crippen molar-refractivity contribution in [3.8, 4) is 0 Å². The first kappa shape index (κ1) is 17.6. The molecule has 23 heavy (non-hydrogen) atoms. The SMILES string of the molecule is CC(C)C[C@H](NC(=O)[C@@H](N)Cc1ccccc1)C(=O)[C@]1(C)CO1. The second kappa shape index (κ2) is 7.23. The van der Waals surface area contributed by atoms with E-state index in [-0.39, 0.29) is 17.6 Å². The number of Topliss-reactive ketones (excluding diaryl/α,β-unsaturated/α-hetero) is 1. The molecule has 1 aromatic carbocycles. The molecule has 3 atom stereocenters. The van der Waals surface area contributed by atoms with E-state index in [0.29, 0.717) is 19.4 Å². The number of rotatable bonds is 8. The lowest BCUT2D eigenvalue weighted by Crippen LogP contribution is -2.52. The summed E-state index contributed by atoms with van der Waals surface area (Å²) in [6, 6.07) is 8.39. The number of carbonyl (C=O) groups excluding carboxylic acids is 2. The molecular weight excluding hydrogens is 292 g/mol. The third-order valence-corrected chi connectivity index (χ3v) is 4.07. The van der Waals surface area contributed by atoms with Gasteiger partial charge in [0.25, 0.3) is 0 Å². The predicted molar refractivity (Wildman–Crippen MR) is 88.9 cm³/mol. The van der Waals surface area contributed by atoms with Gasteiger partial charge >= 0.3 is 0 Å². The largest absolute Gasteiger partial charge is 0.361 e. The van der Waals surface area contributed by atoms with Crippen molar-refractivity contribution < 1.29 is 14.3 Å². The van der Waals surface area contributed by atoms with Crippen LogP contribution in [0.15, 0.2) is 30.3 Å². The summed E-state index contributed by atoms with van der Waals surface area (Å²) >= 11 is 0. The zero-order valence-electron chi connectivity index (χ0n) is 14.0. The lowest BCUT2D eigenvalue weighted by Gasteiger charge is -2.23. The van der Waals surface area contributed by atoms with Crippen LogP contribution in [0.1, 0.15) is 32.8 Å². The molecule has 0 saturated carbocycles. The molecule has 3 N–H and O–H groups in total. The van der Waals surface area contributed by atoms with Gasteiger partial charge in [0, 0.05) is 0 Å². The fraction of sp³-hybridized carbons (Fsp3) is 0.556. The Bertz CT molecular complexity index is 553. The van der Waals surface area contributed by atoms with Gasteiger partial charge in [0.2, 0.25) is 5.91 Å². The summed E-state index contributed by atoms with van der Waals surface area (Å²) in [4.78, 5) is 24.9. The van der Waals surface area contributed by atoms with Crippen LogP contribution in [-0.2, 0) is 20.7 Å². The Kier molecular flexibility index (Phi) is 5.55. The van der Waals surface area contributed by atoms with Crippen molar-refractivity contribution >= 4 is 11.7 Å². The van der Waals surface area contributed by atoms with Crippen molar-refractivity contribution in [2.24, 2.45) is 11.7 Å². The van der Waals surface area contributed by atoms with Crippen molar-refractivity contribution in [1.82, 2.24) is 5.32 Å². The van der Waals surface area contributed by atoms with Gasteiger partial charge in [-0.2, -0.15) is 0 Å². The Labute approximate surface area is 137 Å². The van der Waals surface area contributed by atoms with Gasteiger partial charge in [-0.05, 0) is 31.2 Å². The maximum atomic E-state index is 12.5. The lowest BCUT2D eigenvalue weighted by atomic mass is 9.93. The van der Waals surface area contributed by atoms with Crippen LogP contribution >= 0.6 is 0 Å². The van der Waals surface area contributed by atoms with Crippen LogP contribution in [0.3, 0.4) is 0 Å². The van der Waals surface area contributed by atoms with E-state index >= 15 is 0 Å². The van der Waals surface area contributed by atoms with Crippen LogP contribution in [0.2, 0.25) is 0 Å². The summed E-state index contributed by atoms with van der Waals surface area (Å²) in [5.41, 5.74) is 6.26. The van der Waals surface area contributed by atoms with Crippen LogP contribution in [0, 0.1) is 5.92 Å². The van der Waals surface area contributed by atoms with Crippen LogP contribution in [0.5, 0.6) is 0 Å². The minimum absolute atomic E-state index is 0.0635. The number of ketones is 1. The molecule has 5 heteroatoms. The summed E-state index contributed by atoms with van der Waals surface area (Å²) in [5, 5.41) is 2.82. The number of amides is 1. The number of benzene rings is 1.